The van der Waals surface area contributed by atoms with Gasteiger partial charge in [0, 0.05) is 36.7 Å². The molecule has 1 aromatic rings. The summed E-state index contributed by atoms with van der Waals surface area (Å²) < 4.78 is 5.48. The van der Waals surface area contributed by atoms with Crippen LogP contribution in [0, 0.1) is 0 Å². The first-order valence-electron chi connectivity index (χ1n) is 9.96. The van der Waals surface area contributed by atoms with Gasteiger partial charge in [-0.15, -0.1) is 0 Å². The molecule has 0 aromatic heterocycles. The number of nitrogens with zero attached hydrogens (tertiary/aromatic N) is 2. The van der Waals surface area contributed by atoms with Gasteiger partial charge in [0.25, 0.3) is 0 Å². The van der Waals surface area contributed by atoms with Crippen LogP contribution in [-0.2, 0) is 16.0 Å². The first kappa shape index (κ1) is 20.9. The monoisotopic (exact) mass is 407 g/mol. The van der Waals surface area contributed by atoms with Gasteiger partial charge >= 0.3 is 6.09 Å². The summed E-state index contributed by atoms with van der Waals surface area (Å²) in [4.78, 5) is 28.4. The number of hydrogen-bond acceptors (Lipinski definition) is 4. The number of likely N-dealkylation sites (tertiary alicyclic amines) is 1. The average Bonchev–Trinajstić information content (AvgIpc) is 2.64. The molecule has 1 aromatic carbocycles. The van der Waals surface area contributed by atoms with Crippen LogP contribution >= 0.6 is 11.6 Å². The standard InChI is InChI=1S/C21H30ClN3O3/c1-21(2,3)28-20(27)24-10-8-17(9-11-24)25-14-19(26)23-13-18(25)12-15-4-6-16(22)7-5-15/h4-7,17-18H,8-14H2,1-3H3,(H,23,26)/t18-/m0/s1. The molecule has 2 heterocycles. The molecule has 6 nitrogen and oxygen atoms in total. The number of ether oxygens (including phenoxy) is 1. The zero-order valence-electron chi connectivity index (χ0n) is 16.9. The Morgan fingerprint density at radius 1 is 1.21 bits per heavy atom. The molecule has 2 saturated heterocycles. The van der Waals surface area contributed by atoms with Gasteiger partial charge in [0.1, 0.15) is 5.60 Å². The van der Waals surface area contributed by atoms with Gasteiger partial charge < -0.3 is 15.0 Å². The fourth-order valence-electron chi connectivity index (χ4n) is 3.92. The molecule has 0 unspecified atom stereocenters. The minimum Gasteiger partial charge on any atom is -0.444 e. The smallest absolute Gasteiger partial charge is 0.410 e. The molecule has 0 bridgehead atoms. The normalized spacial score (nSPS) is 22.1. The highest BCUT2D eigenvalue weighted by molar-refractivity contribution is 6.30. The average molecular weight is 408 g/mol. The van der Waals surface area contributed by atoms with E-state index in [4.69, 9.17) is 16.3 Å². The van der Waals surface area contributed by atoms with E-state index in [2.05, 4.69) is 10.2 Å². The SMILES string of the molecule is CC(C)(C)OC(=O)N1CCC(N2CC(=O)NC[C@@H]2Cc2ccc(Cl)cc2)CC1. The first-order chi connectivity index (χ1) is 13.2. The van der Waals surface area contributed by atoms with Crippen LogP contribution in [0.5, 0.6) is 0 Å². The fraction of sp³-hybridized carbons (Fsp3) is 0.619. The number of carbonyl (C=O) groups excluding carboxylic acids is 2. The van der Waals surface area contributed by atoms with Crippen LogP contribution in [0.15, 0.2) is 24.3 Å². The summed E-state index contributed by atoms with van der Waals surface area (Å²) in [7, 11) is 0. The zero-order chi connectivity index (χ0) is 20.3. The number of rotatable bonds is 3. The molecule has 0 saturated carbocycles. The molecule has 2 aliphatic heterocycles. The molecule has 2 aliphatic rings. The summed E-state index contributed by atoms with van der Waals surface area (Å²) in [6.45, 7) is 8.02. The summed E-state index contributed by atoms with van der Waals surface area (Å²) in [5.41, 5.74) is 0.726. The van der Waals surface area contributed by atoms with E-state index in [0.29, 0.717) is 32.2 Å². The van der Waals surface area contributed by atoms with Crippen molar-refractivity contribution < 1.29 is 14.3 Å². The van der Waals surface area contributed by atoms with Crippen molar-refractivity contribution in [2.75, 3.05) is 26.2 Å². The molecule has 3 rings (SSSR count). The van der Waals surface area contributed by atoms with E-state index in [-0.39, 0.29) is 18.0 Å². The Morgan fingerprint density at radius 3 is 2.46 bits per heavy atom. The molecular formula is C21H30ClN3O3. The zero-order valence-corrected chi connectivity index (χ0v) is 17.7. The molecule has 0 spiro atoms. The number of amides is 2. The summed E-state index contributed by atoms with van der Waals surface area (Å²) in [6.07, 6.45) is 2.32. The van der Waals surface area contributed by atoms with Crippen molar-refractivity contribution in [3.05, 3.63) is 34.9 Å². The number of carbonyl (C=O) groups is 2. The first-order valence-corrected chi connectivity index (χ1v) is 10.3. The highest BCUT2D eigenvalue weighted by Crippen LogP contribution is 2.24. The van der Waals surface area contributed by atoms with Crippen molar-refractivity contribution in [1.29, 1.82) is 0 Å². The Labute approximate surface area is 172 Å². The van der Waals surface area contributed by atoms with Crippen LogP contribution in [-0.4, -0.2) is 65.7 Å². The fourth-order valence-corrected chi connectivity index (χ4v) is 4.04. The Bertz CT molecular complexity index is 694. The van der Waals surface area contributed by atoms with Gasteiger partial charge in [-0.3, -0.25) is 9.69 Å². The number of benzene rings is 1. The van der Waals surface area contributed by atoms with E-state index in [1.165, 1.54) is 5.56 Å². The van der Waals surface area contributed by atoms with E-state index >= 15 is 0 Å². The number of piperidine rings is 1. The quantitative estimate of drug-likeness (QED) is 0.836. The highest BCUT2D eigenvalue weighted by Gasteiger charge is 2.35. The van der Waals surface area contributed by atoms with Crippen molar-refractivity contribution in [3.8, 4) is 0 Å². The molecule has 0 radical (unpaired) electrons. The van der Waals surface area contributed by atoms with Crippen LogP contribution in [0.25, 0.3) is 0 Å². The van der Waals surface area contributed by atoms with Gasteiger partial charge in [0.05, 0.1) is 6.54 Å². The number of halogens is 1. The van der Waals surface area contributed by atoms with Crippen LogP contribution in [0.3, 0.4) is 0 Å². The molecule has 2 amide bonds. The Hall–Kier alpha value is -1.79. The van der Waals surface area contributed by atoms with E-state index in [1.54, 1.807) is 4.90 Å². The lowest BCUT2D eigenvalue weighted by molar-refractivity contribution is -0.127. The van der Waals surface area contributed by atoms with Gasteiger partial charge in [-0.2, -0.15) is 0 Å². The van der Waals surface area contributed by atoms with Gasteiger partial charge in [-0.1, -0.05) is 23.7 Å². The predicted octanol–water partition coefficient (Wildman–Crippen LogP) is 3.08. The number of piperazine rings is 1. The minimum absolute atomic E-state index is 0.0712. The molecule has 1 atom stereocenters. The molecule has 154 valence electrons. The maximum absolute atomic E-state index is 12.3. The maximum Gasteiger partial charge on any atom is 0.410 e. The van der Waals surface area contributed by atoms with E-state index in [9.17, 15) is 9.59 Å². The van der Waals surface area contributed by atoms with E-state index in [1.807, 2.05) is 45.0 Å². The van der Waals surface area contributed by atoms with Gasteiger partial charge in [-0.05, 0) is 57.7 Å². The third-order valence-corrected chi connectivity index (χ3v) is 5.55. The van der Waals surface area contributed by atoms with Crippen molar-refractivity contribution in [1.82, 2.24) is 15.1 Å². The summed E-state index contributed by atoms with van der Waals surface area (Å²) in [6, 6.07) is 8.44. The molecule has 1 N–H and O–H groups in total. The number of hydrogen-bond donors (Lipinski definition) is 1. The molecule has 0 aliphatic carbocycles. The molecular weight excluding hydrogens is 378 g/mol. The van der Waals surface area contributed by atoms with Gasteiger partial charge in [0.15, 0.2) is 0 Å². The Balaban J connectivity index is 1.61. The lowest BCUT2D eigenvalue weighted by Crippen LogP contribution is -2.60. The third-order valence-electron chi connectivity index (χ3n) is 5.30. The van der Waals surface area contributed by atoms with Crippen molar-refractivity contribution in [2.45, 2.75) is 57.7 Å². The van der Waals surface area contributed by atoms with Crippen LogP contribution in [0.4, 0.5) is 4.79 Å². The predicted molar refractivity (Wildman–Crippen MR) is 109 cm³/mol. The van der Waals surface area contributed by atoms with Crippen molar-refractivity contribution >= 4 is 23.6 Å². The largest absolute Gasteiger partial charge is 0.444 e. The van der Waals surface area contributed by atoms with Crippen LogP contribution in [0.1, 0.15) is 39.2 Å². The topological polar surface area (TPSA) is 61.9 Å². The van der Waals surface area contributed by atoms with E-state index < -0.39 is 5.60 Å². The lowest BCUT2D eigenvalue weighted by atomic mass is 9.96. The van der Waals surface area contributed by atoms with Gasteiger partial charge in [-0.25, -0.2) is 4.79 Å². The van der Waals surface area contributed by atoms with Crippen LogP contribution in [0.2, 0.25) is 5.02 Å². The summed E-state index contributed by atoms with van der Waals surface area (Å²) in [5, 5.41) is 3.72. The van der Waals surface area contributed by atoms with Crippen LogP contribution < -0.4 is 5.32 Å². The third kappa shape index (κ3) is 5.61. The summed E-state index contributed by atoms with van der Waals surface area (Å²) in [5.74, 6) is 0.0712. The molecule has 7 heteroatoms. The van der Waals surface area contributed by atoms with Gasteiger partial charge in [0.2, 0.25) is 5.91 Å². The second kappa shape index (κ2) is 8.70. The van der Waals surface area contributed by atoms with E-state index in [0.717, 1.165) is 24.3 Å². The lowest BCUT2D eigenvalue weighted by Gasteiger charge is -2.44. The second-order valence-electron chi connectivity index (χ2n) is 8.66. The number of nitrogens with one attached hydrogen (secondary N) is 1. The van der Waals surface area contributed by atoms with Crippen molar-refractivity contribution in [2.24, 2.45) is 0 Å². The molecule has 2 fully saturated rings. The highest BCUT2D eigenvalue weighted by atomic mass is 35.5. The summed E-state index contributed by atoms with van der Waals surface area (Å²) >= 11 is 5.99. The Kier molecular flexibility index (Phi) is 6.50. The Morgan fingerprint density at radius 2 is 1.86 bits per heavy atom. The maximum atomic E-state index is 12.3. The van der Waals surface area contributed by atoms with Crippen molar-refractivity contribution in [3.63, 3.8) is 0 Å². The second-order valence-corrected chi connectivity index (χ2v) is 9.10. The molecule has 28 heavy (non-hydrogen) atoms. The minimum atomic E-state index is -0.484.